The molecule has 0 unspecified atom stereocenters. The molecule has 1 aliphatic heterocycles. The van der Waals surface area contributed by atoms with Crippen molar-refractivity contribution >= 4 is 17.1 Å². The Bertz CT molecular complexity index is 616. The van der Waals surface area contributed by atoms with E-state index in [0.717, 1.165) is 0 Å². The Kier molecular flexibility index (Phi) is 2.83. The van der Waals surface area contributed by atoms with Crippen molar-refractivity contribution < 1.29 is 14.2 Å². The number of halogens is 1. The van der Waals surface area contributed by atoms with E-state index in [4.69, 9.17) is 15.6 Å². The van der Waals surface area contributed by atoms with Crippen LogP contribution in [0, 0.1) is 6.92 Å². The maximum absolute atomic E-state index is 14.0. The summed E-state index contributed by atoms with van der Waals surface area (Å²) in [6.07, 6.45) is -0.942. The molecule has 0 aromatic carbocycles. The molecule has 3 atom stereocenters. The number of alkyl halides is 1. The van der Waals surface area contributed by atoms with Gasteiger partial charge in [-0.15, -0.1) is 0 Å². The summed E-state index contributed by atoms with van der Waals surface area (Å²) in [5.74, 6) is 0.110. The first-order valence-corrected chi connectivity index (χ1v) is 5.97. The molecule has 2 aromatic rings. The van der Waals surface area contributed by atoms with E-state index in [1.54, 1.807) is 6.92 Å². The highest BCUT2D eigenvalue weighted by molar-refractivity contribution is 5.74. The summed E-state index contributed by atoms with van der Waals surface area (Å²) in [5, 5.41) is 9.04. The van der Waals surface area contributed by atoms with Gasteiger partial charge in [0.2, 0.25) is 5.95 Å². The summed E-state index contributed by atoms with van der Waals surface area (Å²) in [7, 11) is 0. The van der Waals surface area contributed by atoms with Gasteiger partial charge in [-0.2, -0.15) is 4.98 Å². The van der Waals surface area contributed by atoms with Gasteiger partial charge >= 0.3 is 0 Å². The number of aryl methyl sites for hydroxylation is 1. The van der Waals surface area contributed by atoms with Gasteiger partial charge in [-0.1, -0.05) is 0 Å². The van der Waals surface area contributed by atoms with Gasteiger partial charge in [0.1, 0.15) is 11.7 Å². The molecule has 3 rings (SSSR count). The van der Waals surface area contributed by atoms with Crippen LogP contribution in [-0.4, -0.2) is 43.5 Å². The van der Waals surface area contributed by atoms with Crippen LogP contribution in [0.25, 0.3) is 11.2 Å². The fourth-order valence-corrected chi connectivity index (χ4v) is 2.33. The van der Waals surface area contributed by atoms with Crippen LogP contribution < -0.4 is 5.73 Å². The fraction of sp³-hybridized carbons (Fsp3) is 0.545. The zero-order valence-corrected chi connectivity index (χ0v) is 10.3. The summed E-state index contributed by atoms with van der Waals surface area (Å²) < 4.78 is 20.9. The molecule has 1 saturated heterocycles. The molecule has 0 spiro atoms. The van der Waals surface area contributed by atoms with Crippen LogP contribution in [0.4, 0.5) is 10.3 Å². The number of nitrogen functional groups attached to an aromatic ring is 1. The molecule has 1 fully saturated rings. The molecule has 3 heterocycles. The van der Waals surface area contributed by atoms with Crippen molar-refractivity contribution in [2.75, 3.05) is 12.3 Å². The Morgan fingerprint density at radius 2 is 2.37 bits per heavy atom. The second-order valence-corrected chi connectivity index (χ2v) is 4.57. The molecular weight excluding hydrogens is 253 g/mol. The second-order valence-electron chi connectivity index (χ2n) is 4.57. The summed E-state index contributed by atoms with van der Waals surface area (Å²) in [4.78, 5) is 12.3. The average Bonchev–Trinajstić information content (AvgIpc) is 2.92. The first-order chi connectivity index (χ1) is 9.10. The maximum atomic E-state index is 14.0. The molecule has 0 aliphatic carbocycles. The highest BCUT2D eigenvalue weighted by Gasteiger charge is 2.37. The minimum absolute atomic E-state index is 0.110. The van der Waals surface area contributed by atoms with Crippen molar-refractivity contribution in [3.05, 3.63) is 12.0 Å². The summed E-state index contributed by atoms with van der Waals surface area (Å²) in [6, 6.07) is 0. The minimum atomic E-state index is -1.22. The number of fused-ring (bicyclic) bond motifs is 1. The first-order valence-electron chi connectivity index (χ1n) is 5.97. The second kappa shape index (κ2) is 4.39. The number of aliphatic hydroxyl groups excluding tert-OH is 1. The van der Waals surface area contributed by atoms with Crippen LogP contribution in [0.15, 0.2) is 6.33 Å². The number of aromatic nitrogens is 4. The quantitative estimate of drug-likeness (QED) is 0.813. The average molecular weight is 267 g/mol. The highest BCUT2D eigenvalue weighted by Crippen LogP contribution is 2.33. The predicted molar refractivity (Wildman–Crippen MR) is 65.0 cm³/mol. The molecule has 0 amide bonds. The molecule has 3 N–H and O–H groups in total. The number of anilines is 1. The Balaban J connectivity index is 2.06. The first kappa shape index (κ1) is 12.2. The molecule has 102 valence electrons. The lowest BCUT2D eigenvalue weighted by atomic mass is 10.2. The van der Waals surface area contributed by atoms with E-state index in [1.807, 2.05) is 0 Å². The Morgan fingerprint density at radius 3 is 3.05 bits per heavy atom. The normalized spacial score (nSPS) is 27.2. The molecule has 8 heteroatoms. The maximum Gasteiger partial charge on any atom is 0.222 e. The van der Waals surface area contributed by atoms with Gasteiger partial charge in [0.05, 0.1) is 24.7 Å². The lowest BCUT2D eigenvalue weighted by Gasteiger charge is -2.15. The van der Waals surface area contributed by atoms with Gasteiger partial charge in [-0.3, -0.25) is 4.57 Å². The number of rotatable bonds is 2. The smallest absolute Gasteiger partial charge is 0.222 e. The predicted octanol–water partition coefficient (Wildman–Crippen LogP) is 0.335. The van der Waals surface area contributed by atoms with Crippen molar-refractivity contribution in [1.82, 2.24) is 19.5 Å². The van der Waals surface area contributed by atoms with Crippen LogP contribution in [0.5, 0.6) is 0 Å². The number of hydrogen-bond donors (Lipinski definition) is 2. The Hall–Kier alpha value is -1.80. The summed E-state index contributed by atoms with van der Waals surface area (Å²) >= 11 is 0. The van der Waals surface area contributed by atoms with Gasteiger partial charge in [-0.05, 0) is 6.92 Å². The van der Waals surface area contributed by atoms with Gasteiger partial charge in [-0.25, -0.2) is 14.4 Å². The van der Waals surface area contributed by atoms with Crippen LogP contribution in [0.3, 0.4) is 0 Å². The van der Waals surface area contributed by atoms with E-state index < -0.39 is 18.5 Å². The molecule has 2 aromatic heterocycles. The molecule has 7 nitrogen and oxygen atoms in total. The fourth-order valence-electron chi connectivity index (χ4n) is 2.33. The minimum Gasteiger partial charge on any atom is -0.394 e. The molecule has 0 saturated carbocycles. The molecule has 1 aliphatic rings. The third-order valence-electron chi connectivity index (χ3n) is 3.22. The number of aliphatic hydroxyl groups is 1. The van der Waals surface area contributed by atoms with Gasteiger partial charge in [0.15, 0.2) is 11.9 Å². The lowest BCUT2D eigenvalue weighted by Crippen LogP contribution is -2.17. The van der Waals surface area contributed by atoms with E-state index in [-0.39, 0.29) is 19.0 Å². The Morgan fingerprint density at radius 1 is 1.58 bits per heavy atom. The lowest BCUT2D eigenvalue weighted by molar-refractivity contribution is -0.0351. The zero-order valence-electron chi connectivity index (χ0n) is 10.3. The summed E-state index contributed by atoms with van der Waals surface area (Å²) in [5.41, 5.74) is 7.24. The number of nitrogens with two attached hydrogens (primary N) is 1. The number of hydrogen-bond acceptors (Lipinski definition) is 6. The van der Waals surface area contributed by atoms with Gasteiger partial charge in [0.25, 0.3) is 0 Å². The zero-order chi connectivity index (χ0) is 13.6. The molecule has 19 heavy (non-hydrogen) atoms. The third-order valence-corrected chi connectivity index (χ3v) is 3.22. The van der Waals surface area contributed by atoms with E-state index in [9.17, 15) is 4.39 Å². The van der Waals surface area contributed by atoms with E-state index >= 15 is 0 Å². The van der Waals surface area contributed by atoms with Crippen LogP contribution in [0.2, 0.25) is 0 Å². The SMILES string of the molecule is Cc1nc(N)nc2c1ncn2[C@@H]1O[C@H](CO)C[C@H]1F. The number of nitrogens with zero attached hydrogens (tertiary/aromatic N) is 4. The third kappa shape index (κ3) is 1.92. The van der Waals surface area contributed by atoms with E-state index in [1.165, 1.54) is 10.9 Å². The van der Waals surface area contributed by atoms with E-state index in [0.29, 0.717) is 16.9 Å². The topological polar surface area (TPSA) is 99.1 Å². The molecule has 0 bridgehead atoms. The van der Waals surface area contributed by atoms with Crippen molar-refractivity contribution in [2.24, 2.45) is 0 Å². The molecule has 0 radical (unpaired) electrons. The highest BCUT2D eigenvalue weighted by atomic mass is 19.1. The Labute approximate surface area is 108 Å². The van der Waals surface area contributed by atoms with Crippen molar-refractivity contribution in [2.45, 2.75) is 31.8 Å². The van der Waals surface area contributed by atoms with Crippen LogP contribution >= 0.6 is 0 Å². The van der Waals surface area contributed by atoms with Crippen LogP contribution in [-0.2, 0) is 4.74 Å². The number of imidazole rings is 1. The van der Waals surface area contributed by atoms with Crippen molar-refractivity contribution in [3.8, 4) is 0 Å². The van der Waals surface area contributed by atoms with Gasteiger partial charge in [0, 0.05) is 6.42 Å². The largest absolute Gasteiger partial charge is 0.394 e. The standard InChI is InChI=1S/C11H14FN5O2/c1-5-8-9(16-11(13)15-5)17(4-14-8)10-7(12)2-6(3-18)19-10/h4,6-7,10,18H,2-3H2,1H3,(H2,13,15,16)/t6-,7+,10+/m0/s1. The van der Waals surface area contributed by atoms with Crippen molar-refractivity contribution in [3.63, 3.8) is 0 Å². The number of ether oxygens (including phenoxy) is 1. The van der Waals surface area contributed by atoms with Crippen molar-refractivity contribution in [1.29, 1.82) is 0 Å². The van der Waals surface area contributed by atoms with Gasteiger partial charge < -0.3 is 15.6 Å². The monoisotopic (exact) mass is 267 g/mol. The van der Waals surface area contributed by atoms with Crippen LogP contribution in [0.1, 0.15) is 18.3 Å². The van der Waals surface area contributed by atoms with E-state index in [2.05, 4.69) is 15.0 Å². The molecular formula is C11H14FN5O2. The summed E-state index contributed by atoms with van der Waals surface area (Å²) in [6.45, 7) is 1.55.